The Kier molecular flexibility index (Phi) is 4.07. The lowest BCUT2D eigenvalue weighted by Crippen LogP contribution is -2.30. The summed E-state index contributed by atoms with van der Waals surface area (Å²) in [5.74, 6) is 0. The van der Waals surface area contributed by atoms with Crippen molar-refractivity contribution in [3.05, 3.63) is 29.3 Å². The van der Waals surface area contributed by atoms with Gasteiger partial charge in [0, 0.05) is 6.54 Å². The van der Waals surface area contributed by atoms with Crippen LogP contribution in [0.25, 0.3) is 0 Å². The third-order valence-electron chi connectivity index (χ3n) is 2.36. The molecule has 0 fully saturated rings. The Hall–Kier alpha value is -0.910. The zero-order valence-electron chi connectivity index (χ0n) is 9.69. The van der Waals surface area contributed by atoms with Crippen molar-refractivity contribution in [2.24, 2.45) is 0 Å². The number of aliphatic hydroxyl groups excluding tert-OH is 1. The lowest BCUT2D eigenvalue weighted by Gasteiger charge is -2.09. The molecule has 0 saturated carbocycles. The Morgan fingerprint density at radius 3 is 2.44 bits per heavy atom. The summed E-state index contributed by atoms with van der Waals surface area (Å²) in [5, 5.41) is 9.03. The molecule has 90 valence electrons. The van der Waals surface area contributed by atoms with Gasteiger partial charge in [-0.2, -0.15) is 0 Å². The van der Waals surface area contributed by atoms with Gasteiger partial charge in [-0.25, -0.2) is 13.1 Å². The number of nitrogens with one attached hydrogen (secondary N) is 1. The van der Waals surface area contributed by atoms with Crippen LogP contribution in [-0.2, 0) is 10.0 Å². The molecule has 0 radical (unpaired) electrons. The van der Waals surface area contributed by atoms with E-state index in [0.29, 0.717) is 0 Å². The standard InChI is InChI=1S/C11H17NO3S/c1-8-4-5-11(6-9(8)2)16(14,15)12-7-10(3)13/h4-6,10,12-13H,7H2,1-3H3/t10-/m0/s1. The summed E-state index contributed by atoms with van der Waals surface area (Å²) in [6, 6.07) is 4.96. The van der Waals surface area contributed by atoms with Gasteiger partial charge in [-0.05, 0) is 44.0 Å². The highest BCUT2D eigenvalue weighted by Crippen LogP contribution is 2.14. The van der Waals surface area contributed by atoms with E-state index in [2.05, 4.69) is 4.72 Å². The van der Waals surface area contributed by atoms with Crippen LogP contribution in [0.3, 0.4) is 0 Å². The molecule has 16 heavy (non-hydrogen) atoms. The molecular formula is C11H17NO3S. The molecule has 1 rings (SSSR count). The van der Waals surface area contributed by atoms with Crippen LogP contribution in [0.2, 0.25) is 0 Å². The molecule has 0 amide bonds. The van der Waals surface area contributed by atoms with Gasteiger partial charge in [0.05, 0.1) is 11.0 Å². The lowest BCUT2D eigenvalue weighted by molar-refractivity contribution is 0.198. The van der Waals surface area contributed by atoms with E-state index >= 15 is 0 Å². The van der Waals surface area contributed by atoms with E-state index in [4.69, 9.17) is 5.11 Å². The maximum absolute atomic E-state index is 11.8. The van der Waals surface area contributed by atoms with E-state index < -0.39 is 16.1 Å². The topological polar surface area (TPSA) is 66.4 Å². The Morgan fingerprint density at radius 1 is 1.31 bits per heavy atom. The number of aliphatic hydroxyl groups is 1. The maximum Gasteiger partial charge on any atom is 0.240 e. The molecular weight excluding hydrogens is 226 g/mol. The van der Waals surface area contributed by atoms with E-state index in [-0.39, 0.29) is 11.4 Å². The Labute approximate surface area is 96.4 Å². The van der Waals surface area contributed by atoms with Crippen LogP contribution < -0.4 is 4.72 Å². The number of hydrogen-bond donors (Lipinski definition) is 2. The lowest BCUT2D eigenvalue weighted by atomic mass is 10.1. The van der Waals surface area contributed by atoms with Gasteiger partial charge in [0.2, 0.25) is 10.0 Å². The molecule has 0 spiro atoms. The second-order valence-electron chi connectivity index (χ2n) is 3.95. The van der Waals surface area contributed by atoms with Gasteiger partial charge >= 0.3 is 0 Å². The summed E-state index contributed by atoms with van der Waals surface area (Å²) in [4.78, 5) is 0.233. The van der Waals surface area contributed by atoms with Crippen LogP contribution in [0, 0.1) is 13.8 Å². The summed E-state index contributed by atoms with van der Waals surface area (Å²) < 4.78 is 25.9. The van der Waals surface area contributed by atoms with Crippen molar-refractivity contribution in [1.82, 2.24) is 4.72 Å². The van der Waals surface area contributed by atoms with Crippen LogP contribution in [0.15, 0.2) is 23.1 Å². The van der Waals surface area contributed by atoms with Gasteiger partial charge in [-0.15, -0.1) is 0 Å². The highest BCUT2D eigenvalue weighted by molar-refractivity contribution is 7.89. The van der Waals surface area contributed by atoms with Gasteiger partial charge in [-0.3, -0.25) is 0 Å². The molecule has 0 aromatic heterocycles. The number of sulfonamides is 1. The summed E-state index contributed by atoms with van der Waals surface area (Å²) in [6.45, 7) is 5.34. The van der Waals surface area contributed by atoms with E-state index in [9.17, 15) is 8.42 Å². The quantitative estimate of drug-likeness (QED) is 0.828. The molecule has 1 aromatic rings. The Morgan fingerprint density at radius 2 is 1.94 bits per heavy atom. The summed E-state index contributed by atoms with van der Waals surface area (Å²) in [7, 11) is -3.50. The van der Waals surface area contributed by atoms with Crippen LogP contribution in [0.5, 0.6) is 0 Å². The molecule has 5 heteroatoms. The minimum Gasteiger partial charge on any atom is -0.392 e. The first-order valence-electron chi connectivity index (χ1n) is 5.08. The molecule has 0 aliphatic carbocycles. The first-order chi connectivity index (χ1) is 7.33. The van der Waals surface area contributed by atoms with Gasteiger partial charge in [0.1, 0.15) is 0 Å². The summed E-state index contributed by atoms with van der Waals surface area (Å²) in [5.41, 5.74) is 1.98. The SMILES string of the molecule is Cc1ccc(S(=O)(=O)NC[C@H](C)O)cc1C. The van der Waals surface area contributed by atoms with Crippen molar-refractivity contribution in [1.29, 1.82) is 0 Å². The molecule has 0 aliphatic heterocycles. The van der Waals surface area contributed by atoms with E-state index in [1.54, 1.807) is 18.2 Å². The van der Waals surface area contributed by atoms with Crippen LogP contribution in [-0.4, -0.2) is 26.2 Å². The first-order valence-corrected chi connectivity index (χ1v) is 6.56. The molecule has 0 saturated heterocycles. The second kappa shape index (κ2) is 4.95. The third-order valence-corrected chi connectivity index (χ3v) is 3.78. The molecule has 1 atom stereocenters. The Balaban J connectivity index is 2.94. The van der Waals surface area contributed by atoms with Gasteiger partial charge in [-0.1, -0.05) is 6.07 Å². The van der Waals surface area contributed by atoms with E-state index in [1.165, 1.54) is 6.92 Å². The molecule has 0 aliphatic rings. The summed E-state index contributed by atoms with van der Waals surface area (Å²) >= 11 is 0. The molecule has 0 unspecified atom stereocenters. The number of hydrogen-bond acceptors (Lipinski definition) is 3. The minimum absolute atomic E-state index is 0.0231. The maximum atomic E-state index is 11.8. The zero-order valence-corrected chi connectivity index (χ0v) is 10.5. The van der Waals surface area contributed by atoms with Crippen molar-refractivity contribution in [2.75, 3.05) is 6.54 Å². The fraction of sp³-hybridized carbons (Fsp3) is 0.455. The molecule has 0 bridgehead atoms. The summed E-state index contributed by atoms with van der Waals surface area (Å²) in [6.07, 6.45) is -0.693. The first kappa shape index (κ1) is 13.2. The third kappa shape index (κ3) is 3.30. The van der Waals surface area contributed by atoms with Crippen molar-refractivity contribution in [3.63, 3.8) is 0 Å². The minimum atomic E-state index is -3.50. The highest BCUT2D eigenvalue weighted by atomic mass is 32.2. The molecule has 2 N–H and O–H groups in total. The number of rotatable bonds is 4. The Bertz CT molecular complexity index is 466. The van der Waals surface area contributed by atoms with Gasteiger partial charge in [0.25, 0.3) is 0 Å². The van der Waals surface area contributed by atoms with Gasteiger partial charge in [0.15, 0.2) is 0 Å². The van der Waals surface area contributed by atoms with Crippen molar-refractivity contribution < 1.29 is 13.5 Å². The zero-order chi connectivity index (χ0) is 12.3. The fourth-order valence-corrected chi connectivity index (χ4v) is 2.40. The second-order valence-corrected chi connectivity index (χ2v) is 5.71. The van der Waals surface area contributed by atoms with Crippen LogP contribution in [0.4, 0.5) is 0 Å². The van der Waals surface area contributed by atoms with Gasteiger partial charge < -0.3 is 5.11 Å². The number of aryl methyl sites for hydroxylation is 2. The molecule has 4 nitrogen and oxygen atoms in total. The van der Waals surface area contributed by atoms with E-state index in [0.717, 1.165) is 11.1 Å². The normalized spacial score (nSPS) is 13.8. The average molecular weight is 243 g/mol. The van der Waals surface area contributed by atoms with Crippen molar-refractivity contribution >= 4 is 10.0 Å². The van der Waals surface area contributed by atoms with Crippen LogP contribution in [0.1, 0.15) is 18.1 Å². The smallest absolute Gasteiger partial charge is 0.240 e. The largest absolute Gasteiger partial charge is 0.392 e. The van der Waals surface area contributed by atoms with E-state index in [1.807, 2.05) is 13.8 Å². The number of benzene rings is 1. The predicted octanol–water partition coefficient (Wildman–Crippen LogP) is 0.963. The molecule has 1 aromatic carbocycles. The highest BCUT2D eigenvalue weighted by Gasteiger charge is 2.14. The molecule has 0 heterocycles. The van der Waals surface area contributed by atoms with Crippen molar-refractivity contribution in [3.8, 4) is 0 Å². The predicted molar refractivity (Wildman–Crippen MR) is 62.8 cm³/mol. The van der Waals surface area contributed by atoms with Crippen LogP contribution >= 0.6 is 0 Å². The van der Waals surface area contributed by atoms with Crippen molar-refractivity contribution in [2.45, 2.75) is 31.8 Å². The monoisotopic (exact) mass is 243 g/mol. The fourth-order valence-electron chi connectivity index (χ4n) is 1.19. The average Bonchev–Trinajstić information content (AvgIpc) is 2.19.